The first-order chi connectivity index (χ1) is 12.3. The molecule has 1 aliphatic rings. The average Bonchev–Trinajstić information content (AvgIpc) is 3.33. The predicted molar refractivity (Wildman–Crippen MR) is 96.3 cm³/mol. The van der Waals surface area contributed by atoms with Crippen LogP contribution < -0.4 is 5.32 Å². The van der Waals surface area contributed by atoms with E-state index in [-0.39, 0.29) is 0 Å². The maximum atomic E-state index is 5.37. The number of aliphatic imine (C=N–C) groups is 1. The lowest BCUT2D eigenvalue weighted by atomic mass is 10.3. The Balaban J connectivity index is 1.51. The summed E-state index contributed by atoms with van der Waals surface area (Å²) in [7, 11) is 0. The standard InChI is InChI=1S/C18H25N5O2/c1-2-7-19-18(20-8-5-17-4-3-13-24-17)23-11-9-22(10-12-23)15-16-6-14-25-21-16/h2-4,6,13-14H,1,5,7-12,15H2,(H,19,20). The van der Waals surface area contributed by atoms with Crippen LogP contribution in [-0.2, 0) is 13.0 Å². The van der Waals surface area contributed by atoms with E-state index in [1.54, 1.807) is 12.5 Å². The number of nitrogens with zero attached hydrogens (tertiary/aromatic N) is 4. The van der Waals surface area contributed by atoms with Crippen molar-refractivity contribution < 1.29 is 8.94 Å². The number of hydrogen-bond donors (Lipinski definition) is 1. The van der Waals surface area contributed by atoms with Crippen molar-refractivity contribution in [1.82, 2.24) is 20.3 Å². The van der Waals surface area contributed by atoms with Gasteiger partial charge in [0.25, 0.3) is 0 Å². The lowest BCUT2D eigenvalue weighted by molar-refractivity contribution is 0.169. The Labute approximate surface area is 148 Å². The molecule has 0 atom stereocenters. The summed E-state index contributed by atoms with van der Waals surface area (Å²) in [4.78, 5) is 9.41. The van der Waals surface area contributed by atoms with Gasteiger partial charge in [0.2, 0.25) is 0 Å². The van der Waals surface area contributed by atoms with Gasteiger partial charge in [-0.3, -0.25) is 9.89 Å². The fourth-order valence-electron chi connectivity index (χ4n) is 2.82. The molecule has 1 N–H and O–H groups in total. The highest BCUT2D eigenvalue weighted by molar-refractivity contribution is 5.80. The number of hydrogen-bond acceptors (Lipinski definition) is 5. The quantitative estimate of drug-likeness (QED) is 0.469. The number of aromatic nitrogens is 1. The van der Waals surface area contributed by atoms with E-state index in [0.717, 1.165) is 56.6 Å². The number of furan rings is 1. The molecule has 7 nitrogen and oxygen atoms in total. The van der Waals surface area contributed by atoms with E-state index < -0.39 is 0 Å². The zero-order valence-electron chi connectivity index (χ0n) is 14.4. The van der Waals surface area contributed by atoms with E-state index in [9.17, 15) is 0 Å². The van der Waals surface area contributed by atoms with Crippen molar-refractivity contribution in [3.63, 3.8) is 0 Å². The van der Waals surface area contributed by atoms with Crippen molar-refractivity contribution in [2.45, 2.75) is 13.0 Å². The van der Waals surface area contributed by atoms with Crippen LogP contribution in [0.15, 0.2) is 57.3 Å². The van der Waals surface area contributed by atoms with Crippen LogP contribution in [0.4, 0.5) is 0 Å². The van der Waals surface area contributed by atoms with Crippen molar-refractivity contribution in [3.8, 4) is 0 Å². The highest BCUT2D eigenvalue weighted by Gasteiger charge is 2.20. The third kappa shape index (κ3) is 5.22. The third-order valence-corrected chi connectivity index (χ3v) is 4.15. The van der Waals surface area contributed by atoms with Crippen molar-refractivity contribution in [2.24, 2.45) is 4.99 Å². The van der Waals surface area contributed by atoms with Gasteiger partial charge in [0, 0.05) is 58.3 Å². The molecule has 3 rings (SSSR count). The fraction of sp³-hybridized carbons (Fsp3) is 0.444. The molecule has 0 radical (unpaired) electrons. The van der Waals surface area contributed by atoms with Gasteiger partial charge in [0.05, 0.1) is 12.0 Å². The van der Waals surface area contributed by atoms with Crippen LogP contribution >= 0.6 is 0 Å². The maximum Gasteiger partial charge on any atom is 0.194 e. The molecule has 0 bridgehead atoms. The molecule has 0 amide bonds. The molecule has 0 aromatic carbocycles. The Kier molecular flexibility index (Phi) is 6.28. The Morgan fingerprint density at radius 2 is 2.16 bits per heavy atom. The summed E-state index contributed by atoms with van der Waals surface area (Å²) in [5.41, 5.74) is 0.977. The summed E-state index contributed by atoms with van der Waals surface area (Å²) in [6.07, 6.45) is 5.97. The zero-order valence-corrected chi connectivity index (χ0v) is 14.4. The Morgan fingerprint density at radius 1 is 1.28 bits per heavy atom. The van der Waals surface area contributed by atoms with E-state index in [1.807, 2.05) is 24.3 Å². The first kappa shape index (κ1) is 17.3. The summed E-state index contributed by atoms with van der Waals surface area (Å²) < 4.78 is 10.3. The van der Waals surface area contributed by atoms with Gasteiger partial charge in [-0.25, -0.2) is 0 Å². The van der Waals surface area contributed by atoms with Crippen molar-refractivity contribution in [3.05, 3.63) is 54.8 Å². The second kappa shape index (κ2) is 9.08. The molecular weight excluding hydrogens is 318 g/mol. The third-order valence-electron chi connectivity index (χ3n) is 4.15. The van der Waals surface area contributed by atoms with Crippen LogP contribution in [0.25, 0.3) is 0 Å². The molecule has 134 valence electrons. The molecule has 7 heteroatoms. The number of rotatable bonds is 7. The molecule has 0 spiro atoms. The Hall–Kier alpha value is -2.54. The number of piperazine rings is 1. The van der Waals surface area contributed by atoms with E-state index in [2.05, 4.69) is 26.9 Å². The fourth-order valence-corrected chi connectivity index (χ4v) is 2.82. The first-order valence-electron chi connectivity index (χ1n) is 8.63. The van der Waals surface area contributed by atoms with Gasteiger partial charge >= 0.3 is 0 Å². The van der Waals surface area contributed by atoms with Crippen molar-refractivity contribution in [2.75, 3.05) is 39.3 Å². The minimum Gasteiger partial charge on any atom is -0.469 e. The molecule has 2 aromatic rings. The van der Waals surface area contributed by atoms with Crippen LogP contribution in [0, 0.1) is 0 Å². The molecule has 3 heterocycles. The van der Waals surface area contributed by atoms with Crippen LogP contribution in [0.2, 0.25) is 0 Å². The minimum atomic E-state index is 0.701. The molecule has 2 aromatic heterocycles. The summed E-state index contributed by atoms with van der Waals surface area (Å²) in [6, 6.07) is 5.80. The van der Waals surface area contributed by atoms with E-state index in [1.165, 1.54) is 0 Å². The summed E-state index contributed by atoms with van der Waals surface area (Å²) in [6.45, 7) is 9.82. The van der Waals surface area contributed by atoms with Gasteiger partial charge in [-0.15, -0.1) is 6.58 Å². The normalized spacial score (nSPS) is 16.2. The SMILES string of the molecule is C=CCNC(=NCCc1ccco1)N1CCN(Cc2ccon2)CC1. The highest BCUT2D eigenvalue weighted by Crippen LogP contribution is 2.08. The smallest absolute Gasteiger partial charge is 0.194 e. The maximum absolute atomic E-state index is 5.37. The molecule has 1 fully saturated rings. The van der Waals surface area contributed by atoms with Crippen LogP contribution in [-0.4, -0.2) is 60.2 Å². The lowest BCUT2D eigenvalue weighted by Gasteiger charge is -2.36. The van der Waals surface area contributed by atoms with Gasteiger partial charge < -0.3 is 19.2 Å². The summed E-state index contributed by atoms with van der Waals surface area (Å²) in [5, 5.41) is 7.34. The van der Waals surface area contributed by atoms with E-state index in [0.29, 0.717) is 13.1 Å². The molecule has 1 aliphatic heterocycles. The molecule has 0 aliphatic carbocycles. The molecule has 0 saturated carbocycles. The first-order valence-corrected chi connectivity index (χ1v) is 8.63. The predicted octanol–water partition coefficient (Wildman–Crippen LogP) is 1.76. The topological polar surface area (TPSA) is 70.0 Å². The van der Waals surface area contributed by atoms with Gasteiger partial charge in [0.15, 0.2) is 5.96 Å². The number of guanidine groups is 1. The highest BCUT2D eigenvalue weighted by atomic mass is 16.5. The second-order valence-corrected chi connectivity index (χ2v) is 5.96. The van der Waals surface area contributed by atoms with Crippen LogP contribution in [0.3, 0.4) is 0 Å². The zero-order chi connectivity index (χ0) is 17.3. The van der Waals surface area contributed by atoms with Crippen molar-refractivity contribution in [1.29, 1.82) is 0 Å². The lowest BCUT2D eigenvalue weighted by Crippen LogP contribution is -2.52. The van der Waals surface area contributed by atoms with E-state index in [4.69, 9.17) is 13.9 Å². The Morgan fingerprint density at radius 3 is 2.84 bits per heavy atom. The Bertz CT molecular complexity index is 643. The van der Waals surface area contributed by atoms with Crippen molar-refractivity contribution >= 4 is 5.96 Å². The van der Waals surface area contributed by atoms with Crippen LogP contribution in [0.5, 0.6) is 0 Å². The minimum absolute atomic E-state index is 0.701. The summed E-state index contributed by atoms with van der Waals surface area (Å²) >= 11 is 0. The number of nitrogens with one attached hydrogen (secondary N) is 1. The van der Waals surface area contributed by atoms with Gasteiger partial charge in [-0.05, 0) is 12.1 Å². The molecule has 0 unspecified atom stereocenters. The van der Waals surface area contributed by atoms with Gasteiger partial charge in [-0.2, -0.15) is 0 Å². The van der Waals surface area contributed by atoms with Gasteiger partial charge in [-0.1, -0.05) is 11.2 Å². The molecule has 1 saturated heterocycles. The summed E-state index contributed by atoms with van der Waals surface area (Å²) in [5.74, 6) is 1.90. The molecule has 25 heavy (non-hydrogen) atoms. The van der Waals surface area contributed by atoms with Crippen LogP contribution in [0.1, 0.15) is 11.5 Å². The van der Waals surface area contributed by atoms with E-state index >= 15 is 0 Å². The second-order valence-electron chi connectivity index (χ2n) is 5.96. The monoisotopic (exact) mass is 343 g/mol. The molecular formula is C18H25N5O2. The average molecular weight is 343 g/mol. The largest absolute Gasteiger partial charge is 0.469 e. The van der Waals surface area contributed by atoms with Gasteiger partial charge in [0.1, 0.15) is 12.0 Å².